The summed E-state index contributed by atoms with van der Waals surface area (Å²) in [5, 5.41) is 7.92. The fraction of sp³-hybridized carbons (Fsp3) is 0.667. The molecule has 0 aliphatic rings. The van der Waals surface area contributed by atoms with Gasteiger partial charge in [-0.1, -0.05) is 0 Å². The van der Waals surface area contributed by atoms with Crippen molar-refractivity contribution in [3.8, 4) is 0 Å². The van der Waals surface area contributed by atoms with Crippen molar-refractivity contribution in [1.29, 1.82) is 0 Å². The highest BCUT2D eigenvalue weighted by atomic mass is 79.9. The molecule has 0 aromatic rings. The lowest BCUT2D eigenvalue weighted by Gasteiger charge is -1.76. The second-order valence-corrected chi connectivity index (χ2v) is 1.70. The fourth-order valence-electron chi connectivity index (χ4n) is 0.151. The molecule has 0 aromatic heterocycles. The fourth-order valence-corrected chi connectivity index (χ4v) is 0.454. The van der Waals surface area contributed by atoms with Crippen LogP contribution in [-0.2, 0) is 4.79 Å². The lowest BCUT2D eigenvalue weighted by atomic mass is 10.5. The Hall–Kier alpha value is 0.380. The van der Waals surface area contributed by atoms with Gasteiger partial charge in [-0.25, -0.2) is 0 Å². The zero-order chi connectivity index (χ0) is 4.99. The minimum absolute atomic E-state index is 0. The van der Waals surface area contributed by atoms with Crippen LogP contribution >= 0.6 is 9.24 Å². The number of hydrogen-bond donors (Lipinski definition) is 1. The van der Waals surface area contributed by atoms with E-state index in [2.05, 4.69) is 0 Å². The molecule has 44 valence electrons. The van der Waals surface area contributed by atoms with Crippen molar-refractivity contribution in [2.75, 3.05) is 6.16 Å². The Morgan fingerprint density at radius 2 is 2.14 bits per heavy atom. The normalized spacial score (nSPS) is 7.43. The lowest BCUT2D eigenvalue weighted by molar-refractivity contribution is -0.136. The van der Waals surface area contributed by atoms with Crippen LogP contribution in [0.3, 0.4) is 0 Å². The number of halogens is 1. The second-order valence-electron chi connectivity index (χ2n) is 0.997. The zero-order valence-electron chi connectivity index (χ0n) is 3.85. The number of hydrogen-bond acceptors (Lipinski definition) is 1. The summed E-state index contributed by atoms with van der Waals surface area (Å²) in [5.41, 5.74) is 0. The van der Waals surface area contributed by atoms with Crippen molar-refractivity contribution in [2.45, 2.75) is 6.42 Å². The van der Waals surface area contributed by atoms with E-state index < -0.39 is 5.97 Å². The van der Waals surface area contributed by atoms with E-state index in [1.807, 2.05) is 0 Å². The number of rotatable bonds is 2. The highest BCUT2D eigenvalue weighted by Crippen LogP contribution is 1.84. The Bertz CT molecular complexity index is 56.9. The molecule has 0 bridgehead atoms. The lowest BCUT2D eigenvalue weighted by Crippen LogP contribution is -3.00. The Morgan fingerprint density at radius 1 is 1.71 bits per heavy atom. The van der Waals surface area contributed by atoms with Crippen molar-refractivity contribution in [2.24, 2.45) is 0 Å². The van der Waals surface area contributed by atoms with E-state index in [0.717, 1.165) is 6.16 Å². The number of carboxylic acid groups (broad SMARTS) is 1. The zero-order valence-corrected chi connectivity index (χ0v) is 6.85. The van der Waals surface area contributed by atoms with Crippen molar-refractivity contribution in [3.63, 3.8) is 0 Å². The van der Waals surface area contributed by atoms with Crippen LogP contribution in [0.25, 0.3) is 0 Å². The van der Waals surface area contributed by atoms with Gasteiger partial charge in [0.1, 0.15) is 0 Å². The quantitative estimate of drug-likeness (QED) is 0.470. The van der Waals surface area contributed by atoms with Crippen molar-refractivity contribution >= 4 is 15.2 Å². The topological polar surface area (TPSA) is 37.3 Å². The molecule has 7 heavy (non-hydrogen) atoms. The standard InChI is InChI=1S/C3H7O2P.BrH/c4-3(5)1-2-6;/h1-2,6H2,(H,4,5);1H. The van der Waals surface area contributed by atoms with Crippen LogP contribution in [0.15, 0.2) is 0 Å². The maximum absolute atomic E-state index is 9.60. The highest BCUT2D eigenvalue weighted by Gasteiger charge is 1.90. The molecular formula is C3H8BrO2P. The van der Waals surface area contributed by atoms with Gasteiger partial charge in [0.05, 0.1) is 12.6 Å². The van der Waals surface area contributed by atoms with E-state index in [1.165, 1.54) is 0 Å². The maximum atomic E-state index is 9.60. The van der Waals surface area contributed by atoms with Gasteiger partial charge in [0, 0.05) is 0 Å². The third-order valence-electron chi connectivity index (χ3n) is 0.391. The molecule has 0 heterocycles. The molecular weight excluding hydrogens is 179 g/mol. The van der Waals surface area contributed by atoms with Gasteiger partial charge >= 0.3 is 5.97 Å². The summed E-state index contributed by atoms with van der Waals surface area (Å²) in [5.74, 6) is -0.704. The van der Waals surface area contributed by atoms with Gasteiger partial charge in [0.2, 0.25) is 0 Å². The van der Waals surface area contributed by atoms with Crippen LogP contribution in [0.2, 0.25) is 0 Å². The van der Waals surface area contributed by atoms with Gasteiger partial charge in [-0.2, -0.15) is 0 Å². The third-order valence-corrected chi connectivity index (χ3v) is 0.744. The van der Waals surface area contributed by atoms with E-state index in [1.54, 1.807) is 9.24 Å². The van der Waals surface area contributed by atoms with Gasteiger partial charge < -0.3 is 22.1 Å². The molecule has 0 aromatic carbocycles. The van der Waals surface area contributed by atoms with Crippen LogP contribution in [0.5, 0.6) is 0 Å². The van der Waals surface area contributed by atoms with Gasteiger partial charge in [-0.05, 0) is 9.24 Å². The first-order valence-corrected chi connectivity index (χ1v) is 2.78. The summed E-state index contributed by atoms with van der Waals surface area (Å²) in [6.07, 6.45) is 1.06. The first-order valence-electron chi connectivity index (χ1n) is 1.78. The van der Waals surface area contributed by atoms with Crippen LogP contribution in [-0.4, -0.2) is 17.2 Å². The molecule has 0 radical (unpaired) electrons. The second kappa shape index (κ2) is 6.38. The smallest absolute Gasteiger partial charge is 0.307 e. The number of carboxylic acids is 1. The maximum Gasteiger partial charge on any atom is 0.307 e. The molecule has 0 rings (SSSR count). The Labute approximate surface area is 55.3 Å². The molecule has 0 saturated heterocycles. The Balaban J connectivity index is 0. The molecule has 4 heteroatoms. The molecule has 2 nitrogen and oxygen atoms in total. The predicted molar refractivity (Wildman–Crippen MR) is 28.2 cm³/mol. The van der Waals surface area contributed by atoms with Crippen LogP contribution in [0.1, 0.15) is 6.42 Å². The Kier molecular flexibility index (Phi) is 9.46. The van der Waals surface area contributed by atoms with E-state index in [9.17, 15) is 4.79 Å². The first-order chi connectivity index (χ1) is 2.77. The van der Waals surface area contributed by atoms with Crippen LogP contribution in [0, 0.1) is 0 Å². The number of carbonyl (C=O) groups is 1. The molecule has 1 atom stereocenters. The minimum Gasteiger partial charge on any atom is -1.00 e. The van der Waals surface area contributed by atoms with Crippen LogP contribution in [0.4, 0.5) is 0 Å². The molecule has 1 N–H and O–H groups in total. The average Bonchev–Trinajstić information content (AvgIpc) is 1.35. The molecule has 0 amide bonds. The molecule has 0 saturated carbocycles. The number of aliphatic carboxylic acids is 1. The summed E-state index contributed by atoms with van der Waals surface area (Å²) in [6, 6.07) is 0. The predicted octanol–water partition coefficient (Wildman–Crippen LogP) is -2.93. The van der Waals surface area contributed by atoms with Crippen molar-refractivity contribution in [1.82, 2.24) is 0 Å². The summed E-state index contributed by atoms with van der Waals surface area (Å²) < 4.78 is 0. The Morgan fingerprint density at radius 3 is 2.14 bits per heavy atom. The van der Waals surface area contributed by atoms with E-state index in [0.29, 0.717) is 6.42 Å². The van der Waals surface area contributed by atoms with Crippen molar-refractivity contribution in [3.05, 3.63) is 0 Å². The molecule has 0 aliphatic carbocycles. The average molecular weight is 187 g/mol. The minimum atomic E-state index is -0.704. The molecule has 0 spiro atoms. The van der Waals surface area contributed by atoms with Gasteiger partial charge in [-0.15, -0.1) is 0 Å². The van der Waals surface area contributed by atoms with Crippen LogP contribution < -0.4 is 17.0 Å². The monoisotopic (exact) mass is 186 g/mol. The molecule has 0 fully saturated rings. The summed E-state index contributed by atoms with van der Waals surface area (Å²) in [6.45, 7) is 0. The SMILES string of the molecule is O=C(O)CC[PH3+].[Br-]. The van der Waals surface area contributed by atoms with E-state index in [4.69, 9.17) is 5.11 Å². The van der Waals surface area contributed by atoms with Gasteiger partial charge in [-0.3, -0.25) is 4.79 Å². The third kappa shape index (κ3) is 10.7. The summed E-state index contributed by atoms with van der Waals surface area (Å²) in [7, 11) is 1.67. The molecule has 1 unspecified atom stereocenters. The summed E-state index contributed by atoms with van der Waals surface area (Å²) >= 11 is 0. The van der Waals surface area contributed by atoms with Gasteiger partial charge in [0.15, 0.2) is 0 Å². The van der Waals surface area contributed by atoms with Crippen molar-refractivity contribution < 1.29 is 26.9 Å². The summed E-state index contributed by atoms with van der Waals surface area (Å²) in [4.78, 5) is 9.60. The van der Waals surface area contributed by atoms with Gasteiger partial charge in [0.25, 0.3) is 0 Å². The van der Waals surface area contributed by atoms with E-state index >= 15 is 0 Å². The highest BCUT2D eigenvalue weighted by molar-refractivity contribution is 7.16. The van der Waals surface area contributed by atoms with E-state index in [-0.39, 0.29) is 17.0 Å². The molecule has 0 aliphatic heterocycles. The first kappa shape index (κ1) is 10.4. The largest absolute Gasteiger partial charge is 1.00 e.